The molecule has 0 aromatic heterocycles. The summed E-state index contributed by atoms with van der Waals surface area (Å²) in [6, 6.07) is 0. The number of carbonyl (C=O) groups excluding carboxylic acids is 1. The van der Waals surface area contributed by atoms with Gasteiger partial charge in [0.05, 0.1) is 5.57 Å². The van der Waals surface area contributed by atoms with Crippen molar-refractivity contribution in [2.75, 3.05) is 0 Å². The lowest BCUT2D eigenvalue weighted by molar-refractivity contribution is -0.150. The lowest BCUT2D eigenvalue weighted by atomic mass is 9.90. The molecule has 1 aliphatic carbocycles. The van der Waals surface area contributed by atoms with Crippen LogP contribution >= 0.6 is 0 Å². The summed E-state index contributed by atoms with van der Waals surface area (Å²) in [6.45, 7) is 9.57. The molecule has 0 fully saturated rings. The Morgan fingerprint density at radius 1 is 1.50 bits per heavy atom. The Morgan fingerprint density at radius 3 is 2.56 bits per heavy atom. The maximum atomic E-state index is 11.9. The molecule has 0 aromatic rings. The average Bonchev–Trinajstić information content (AvgIpc) is 2.08. The molecule has 0 aliphatic heterocycles. The van der Waals surface area contributed by atoms with Crippen LogP contribution in [0.5, 0.6) is 0 Å². The summed E-state index contributed by atoms with van der Waals surface area (Å²) in [4.78, 5) is 11.9. The fourth-order valence-electron chi connectivity index (χ4n) is 1.78. The van der Waals surface area contributed by atoms with Crippen molar-refractivity contribution in [3.05, 3.63) is 22.9 Å². The fraction of sp³-hybridized carbons (Fsp3) is 0.615. The van der Waals surface area contributed by atoms with Crippen molar-refractivity contribution in [2.24, 2.45) is 11.7 Å². The molecular weight excluding hydrogens is 202 g/mol. The van der Waals surface area contributed by atoms with Gasteiger partial charge in [0.25, 0.3) is 0 Å². The van der Waals surface area contributed by atoms with Crippen LogP contribution in [0.25, 0.3) is 0 Å². The van der Waals surface area contributed by atoms with E-state index in [1.807, 2.05) is 27.7 Å². The molecule has 3 nitrogen and oxygen atoms in total. The molecular formula is C13H21NO2. The van der Waals surface area contributed by atoms with Crippen molar-refractivity contribution in [1.82, 2.24) is 0 Å². The summed E-state index contributed by atoms with van der Waals surface area (Å²) in [5.41, 5.74) is 7.61. The largest absolute Gasteiger partial charge is 0.457 e. The summed E-state index contributed by atoms with van der Waals surface area (Å²) in [6.07, 6.45) is 2.75. The molecule has 0 saturated heterocycles. The highest BCUT2D eigenvalue weighted by atomic mass is 16.6. The zero-order valence-corrected chi connectivity index (χ0v) is 10.8. The third-order valence-electron chi connectivity index (χ3n) is 2.46. The Bertz CT molecular complexity index is 359. The van der Waals surface area contributed by atoms with Crippen LogP contribution in [0.4, 0.5) is 0 Å². The Balaban J connectivity index is 2.91. The van der Waals surface area contributed by atoms with Crippen LogP contribution in [0.15, 0.2) is 22.9 Å². The average molecular weight is 223 g/mol. The summed E-state index contributed by atoms with van der Waals surface area (Å²) in [5.74, 6) is 0.0547. The third-order valence-corrected chi connectivity index (χ3v) is 2.46. The number of hydrogen-bond donors (Lipinski definition) is 1. The number of carbonyl (C=O) groups is 1. The molecule has 1 atom stereocenters. The van der Waals surface area contributed by atoms with Gasteiger partial charge in [-0.1, -0.05) is 13.0 Å². The Labute approximate surface area is 97.3 Å². The van der Waals surface area contributed by atoms with Gasteiger partial charge in [0, 0.05) is 5.70 Å². The molecule has 0 amide bonds. The lowest BCUT2D eigenvalue weighted by Crippen LogP contribution is -2.28. The fourth-order valence-corrected chi connectivity index (χ4v) is 1.78. The molecule has 0 heterocycles. The third kappa shape index (κ3) is 3.12. The van der Waals surface area contributed by atoms with Crippen LogP contribution in [0.1, 0.15) is 41.0 Å². The molecule has 0 spiro atoms. The van der Waals surface area contributed by atoms with E-state index in [9.17, 15) is 4.79 Å². The molecule has 1 aliphatic rings. The van der Waals surface area contributed by atoms with E-state index in [0.29, 0.717) is 23.6 Å². The van der Waals surface area contributed by atoms with Crippen molar-refractivity contribution in [3.8, 4) is 0 Å². The maximum absolute atomic E-state index is 11.9. The molecule has 1 unspecified atom stereocenters. The first-order valence-electron chi connectivity index (χ1n) is 5.61. The van der Waals surface area contributed by atoms with Crippen LogP contribution < -0.4 is 5.73 Å². The van der Waals surface area contributed by atoms with E-state index < -0.39 is 5.60 Å². The SMILES string of the molecule is CC1=CC(C)CC(C(=O)OC(C)(C)C)=C1N. The van der Waals surface area contributed by atoms with Gasteiger partial charge in [0.1, 0.15) is 5.60 Å². The highest BCUT2D eigenvalue weighted by Crippen LogP contribution is 2.27. The zero-order valence-electron chi connectivity index (χ0n) is 10.8. The standard InChI is InChI=1S/C13H21NO2/c1-8-6-9(2)11(14)10(7-8)12(15)16-13(3,4)5/h6,8H,7,14H2,1-5H3. The monoisotopic (exact) mass is 223 g/mol. The first kappa shape index (κ1) is 12.8. The molecule has 3 heteroatoms. The number of allylic oxidation sites excluding steroid dienone is 2. The van der Waals surface area contributed by atoms with Gasteiger partial charge in [-0.3, -0.25) is 0 Å². The van der Waals surface area contributed by atoms with Gasteiger partial charge in [-0.25, -0.2) is 4.79 Å². The second kappa shape index (κ2) is 4.32. The highest BCUT2D eigenvalue weighted by Gasteiger charge is 2.25. The van der Waals surface area contributed by atoms with E-state index in [0.717, 1.165) is 5.57 Å². The first-order valence-corrected chi connectivity index (χ1v) is 5.61. The number of esters is 1. The Morgan fingerprint density at radius 2 is 2.06 bits per heavy atom. The normalized spacial score (nSPS) is 21.8. The predicted molar refractivity (Wildman–Crippen MR) is 64.6 cm³/mol. The van der Waals surface area contributed by atoms with Crippen molar-refractivity contribution in [2.45, 2.75) is 46.6 Å². The summed E-state index contributed by atoms with van der Waals surface area (Å²) in [5, 5.41) is 0. The Kier molecular flexibility index (Phi) is 3.46. The van der Waals surface area contributed by atoms with Crippen LogP contribution in [-0.4, -0.2) is 11.6 Å². The van der Waals surface area contributed by atoms with E-state index in [1.54, 1.807) is 0 Å². The minimum atomic E-state index is -0.470. The van der Waals surface area contributed by atoms with Crippen molar-refractivity contribution >= 4 is 5.97 Å². The zero-order chi connectivity index (χ0) is 12.5. The molecule has 0 bridgehead atoms. The van der Waals surface area contributed by atoms with Crippen molar-refractivity contribution in [3.63, 3.8) is 0 Å². The van der Waals surface area contributed by atoms with Gasteiger partial charge in [-0.05, 0) is 45.6 Å². The second-order valence-corrected chi connectivity index (χ2v) is 5.43. The first-order chi connectivity index (χ1) is 7.20. The van der Waals surface area contributed by atoms with Crippen LogP contribution in [0, 0.1) is 5.92 Å². The van der Waals surface area contributed by atoms with Gasteiger partial charge in [-0.2, -0.15) is 0 Å². The van der Waals surface area contributed by atoms with Crippen LogP contribution in [0.3, 0.4) is 0 Å². The van der Waals surface area contributed by atoms with Gasteiger partial charge < -0.3 is 10.5 Å². The second-order valence-electron chi connectivity index (χ2n) is 5.43. The van der Waals surface area contributed by atoms with Gasteiger partial charge in [0.15, 0.2) is 0 Å². The number of ether oxygens (including phenoxy) is 1. The molecule has 0 aromatic carbocycles. The predicted octanol–water partition coefficient (Wildman–Crippen LogP) is 2.53. The maximum Gasteiger partial charge on any atom is 0.336 e. The van der Waals surface area contributed by atoms with Crippen LogP contribution in [0.2, 0.25) is 0 Å². The van der Waals surface area contributed by atoms with Crippen LogP contribution in [-0.2, 0) is 9.53 Å². The molecule has 2 N–H and O–H groups in total. The van der Waals surface area contributed by atoms with Gasteiger partial charge in [0.2, 0.25) is 0 Å². The Hall–Kier alpha value is -1.25. The number of hydrogen-bond acceptors (Lipinski definition) is 3. The van der Waals surface area contributed by atoms with Crippen molar-refractivity contribution < 1.29 is 9.53 Å². The molecule has 90 valence electrons. The summed E-state index contributed by atoms with van der Waals surface area (Å²) in [7, 11) is 0. The molecule has 16 heavy (non-hydrogen) atoms. The van der Waals surface area contributed by atoms with E-state index in [2.05, 4.69) is 13.0 Å². The smallest absolute Gasteiger partial charge is 0.336 e. The quantitative estimate of drug-likeness (QED) is 0.695. The topological polar surface area (TPSA) is 52.3 Å². The van der Waals surface area contributed by atoms with Crippen molar-refractivity contribution in [1.29, 1.82) is 0 Å². The summed E-state index contributed by atoms with van der Waals surface area (Å²) >= 11 is 0. The van der Waals surface area contributed by atoms with Gasteiger partial charge >= 0.3 is 5.97 Å². The molecule has 0 saturated carbocycles. The molecule has 1 rings (SSSR count). The van der Waals surface area contributed by atoms with Gasteiger partial charge in [-0.15, -0.1) is 0 Å². The molecule has 0 radical (unpaired) electrons. The minimum absolute atomic E-state index is 0.288. The number of nitrogens with two attached hydrogens (primary N) is 1. The van der Waals surface area contributed by atoms with E-state index in [-0.39, 0.29) is 5.97 Å². The van der Waals surface area contributed by atoms with E-state index >= 15 is 0 Å². The highest BCUT2D eigenvalue weighted by molar-refractivity contribution is 5.90. The summed E-state index contributed by atoms with van der Waals surface area (Å²) < 4.78 is 5.34. The lowest BCUT2D eigenvalue weighted by Gasteiger charge is -2.24. The number of rotatable bonds is 1. The van der Waals surface area contributed by atoms with E-state index in [1.165, 1.54) is 0 Å². The minimum Gasteiger partial charge on any atom is -0.457 e. The van der Waals surface area contributed by atoms with E-state index in [4.69, 9.17) is 10.5 Å².